The molecule has 2 saturated heterocycles. The fraction of sp³-hybridized carbons (Fsp3) is 1.00. The van der Waals surface area contributed by atoms with Crippen LogP contribution in [0.15, 0.2) is 0 Å². The van der Waals surface area contributed by atoms with Crippen molar-refractivity contribution in [1.29, 1.82) is 0 Å². The molecule has 2 fully saturated rings. The number of likely N-dealkylation sites (tertiary alicyclic amines) is 1. The maximum Gasteiger partial charge on any atom is 0.0120 e. The number of hydrogen-bond donors (Lipinski definition) is 1. The van der Waals surface area contributed by atoms with Gasteiger partial charge in [0.2, 0.25) is 0 Å². The van der Waals surface area contributed by atoms with E-state index in [2.05, 4.69) is 29.0 Å². The van der Waals surface area contributed by atoms with E-state index in [-0.39, 0.29) is 0 Å². The summed E-state index contributed by atoms with van der Waals surface area (Å²) in [5.41, 5.74) is 0. The summed E-state index contributed by atoms with van der Waals surface area (Å²) in [6.45, 7) is 17.7. The van der Waals surface area contributed by atoms with Crippen LogP contribution in [0, 0.1) is 5.92 Å². The topological polar surface area (TPSA) is 18.5 Å². The second kappa shape index (κ2) is 12.3. The molecule has 22 heavy (non-hydrogen) atoms. The van der Waals surface area contributed by atoms with Crippen LogP contribution in [0.1, 0.15) is 66.2 Å². The summed E-state index contributed by atoms with van der Waals surface area (Å²) >= 11 is 0. The predicted molar refractivity (Wildman–Crippen MR) is 98.6 cm³/mol. The van der Waals surface area contributed by atoms with Crippen LogP contribution in [0.5, 0.6) is 0 Å². The van der Waals surface area contributed by atoms with Gasteiger partial charge in [0.15, 0.2) is 0 Å². The average molecular weight is 312 g/mol. The fourth-order valence-corrected chi connectivity index (χ4v) is 3.95. The third-order valence-electron chi connectivity index (χ3n) is 5.07. The smallest absolute Gasteiger partial charge is 0.0120 e. The molecule has 2 aliphatic rings. The predicted octanol–water partition coefficient (Wildman–Crippen LogP) is 3.60. The first-order valence-corrected chi connectivity index (χ1v) is 10.0. The van der Waals surface area contributed by atoms with Crippen molar-refractivity contribution in [2.24, 2.45) is 5.92 Å². The minimum absolute atomic E-state index is 0.860. The van der Waals surface area contributed by atoms with Gasteiger partial charge in [-0.25, -0.2) is 0 Å². The fourth-order valence-electron chi connectivity index (χ4n) is 3.95. The molecular weight excluding hydrogens is 270 g/mol. The summed E-state index contributed by atoms with van der Waals surface area (Å²) in [5.74, 6) is 0.954. The minimum Gasteiger partial charge on any atom is -0.317 e. The van der Waals surface area contributed by atoms with Crippen LogP contribution in [0.2, 0.25) is 0 Å². The zero-order valence-electron chi connectivity index (χ0n) is 15.7. The van der Waals surface area contributed by atoms with Crippen LogP contribution in [0.3, 0.4) is 0 Å². The van der Waals surface area contributed by atoms with Crippen molar-refractivity contribution in [3.63, 3.8) is 0 Å². The third-order valence-corrected chi connectivity index (χ3v) is 5.07. The molecule has 0 saturated carbocycles. The lowest BCUT2D eigenvalue weighted by Gasteiger charge is -2.40. The van der Waals surface area contributed by atoms with Gasteiger partial charge in [0.1, 0.15) is 0 Å². The molecule has 132 valence electrons. The van der Waals surface area contributed by atoms with Crippen LogP contribution in [-0.2, 0) is 0 Å². The molecule has 3 nitrogen and oxygen atoms in total. The van der Waals surface area contributed by atoms with Gasteiger partial charge < -0.3 is 15.1 Å². The van der Waals surface area contributed by atoms with Crippen LogP contribution in [0.25, 0.3) is 0 Å². The molecule has 0 aromatic carbocycles. The van der Waals surface area contributed by atoms with Crippen LogP contribution in [-0.4, -0.2) is 61.7 Å². The molecule has 0 amide bonds. The van der Waals surface area contributed by atoms with Gasteiger partial charge in [-0.3, -0.25) is 0 Å². The Morgan fingerprint density at radius 2 is 1.45 bits per heavy atom. The van der Waals surface area contributed by atoms with Gasteiger partial charge >= 0.3 is 0 Å². The maximum atomic E-state index is 3.48. The molecule has 0 atom stereocenters. The number of hydrogen-bond acceptors (Lipinski definition) is 3. The summed E-state index contributed by atoms with van der Waals surface area (Å²) in [5, 5.41) is 3.48. The number of nitrogens with one attached hydrogen (secondary N) is 1. The lowest BCUT2D eigenvalue weighted by Crippen LogP contribution is -2.47. The van der Waals surface area contributed by atoms with Crippen molar-refractivity contribution in [3.05, 3.63) is 0 Å². The molecule has 0 aliphatic carbocycles. The maximum absolute atomic E-state index is 3.48. The molecule has 0 aromatic rings. The molecule has 0 aromatic heterocycles. The zero-order valence-corrected chi connectivity index (χ0v) is 15.7. The standard InChI is InChI=1S/C17H35N3.C2H6/c1-3-11-20(12-4-2)17-7-13-19(14-8-17)15-16-5-9-18-10-6-16;1-2/h16-18H,3-15H2,1-2H3;1-2H3. The highest BCUT2D eigenvalue weighted by Crippen LogP contribution is 2.20. The minimum atomic E-state index is 0.860. The van der Waals surface area contributed by atoms with Gasteiger partial charge in [-0.1, -0.05) is 27.7 Å². The van der Waals surface area contributed by atoms with Crippen molar-refractivity contribution in [2.75, 3.05) is 45.8 Å². The van der Waals surface area contributed by atoms with E-state index in [1.807, 2.05) is 13.8 Å². The lowest BCUT2D eigenvalue weighted by molar-refractivity contribution is 0.0945. The van der Waals surface area contributed by atoms with Gasteiger partial charge in [-0.2, -0.15) is 0 Å². The first-order valence-electron chi connectivity index (χ1n) is 10.0. The zero-order chi connectivity index (χ0) is 16.2. The first-order chi connectivity index (χ1) is 10.8. The van der Waals surface area contributed by atoms with E-state index in [9.17, 15) is 0 Å². The van der Waals surface area contributed by atoms with E-state index in [0.717, 1.165) is 12.0 Å². The van der Waals surface area contributed by atoms with E-state index in [4.69, 9.17) is 0 Å². The molecule has 2 rings (SSSR count). The Morgan fingerprint density at radius 1 is 0.909 bits per heavy atom. The summed E-state index contributed by atoms with van der Waals surface area (Å²) in [7, 11) is 0. The SMILES string of the molecule is CC.CCCN(CCC)C1CCN(CC2CCNCC2)CC1. The Hall–Kier alpha value is -0.120. The molecule has 0 bridgehead atoms. The molecule has 0 radical (unpaired) electrons. The van der Waals surface area contributed by atoms with Crippen molar-refractivity contribution >= 4 is 0 Å². The Bertz CT molecular complexity index is 237. The Morgan fingerprint density at radius 3 is 1.95 bits per heavy atom. The van der Waals surface area contributed by atoms with Crippen molar-refractivity contribution < 1.29 is 0 Å². The second-order valence-electron chi connectivity index (χ2n) is 6.76. The van der Waals surface area contributed by atoms with Crippen molar-refractivity contribution in [1.82, 2.24) is 15.1 Å². The second-order valence-corrected chi connectivity index (χ2v) is 6.76. The Kier molecular flexibility index (Phi) is 11.2. The molecule has 2 heterocycles. The van der Waals surface area contributed by atoms with Crippen LogP contribution >= 0.6 is 0 Å². The lowest BCUT2D eigenvalue weighted by atomic mass is 9.95. The summed E-state index contributed by atoms with van der Waals surface area (Å²) in [6, 6.07) is 0.860. The monoisotopic (exact) mass is 311 g/mol. The summed E-state index contributed by atoms with van der Waals surface area (Å²) in [6.07, 6.45) is 8.16. The van der Waals surface area contributed by atoms with Crippen LogP contribution < -0.4 is 5.32 Å². The van der Waals surface area contributed by atoms with E-state index < -0.39 is 0 Å². The Labute approximate surface area is 139 Å². The largest absolute Gasteiger partial charge is 0.317 e. The number of piperidine rings is 2. The van der Waals surface area contributed by atoms with E-state index >= 15 is 0 Å². The quantitative estimate of drug-likeness (QED) is 0.775. The van der Waals surface area contributed by atoms with Crippen molar-refractivity contribution in [2.45, 2.75) is 72.3 Å². The first kappa shape index (κ1) is 19.9. The average Bonchev–Trinajstić information content (AvgIpc) is 2.58. The summed E-state index contributed by atoms with van der Waals surface area (Å²) in [4.78, 5) is 5.49. The molecular formula is C19H41N3. The number of nitrogens with zero attached hydrogens (tertiary/aromatic N) is 2. The Balaban J connectivity index is 0.00000116. The van der Waals surface area contributed by atoms with Gasteiger partial charge in [0.05, 0.1) is 0 Å². The van der Waals surface area contributed by atoms with E-state index in [1.54, 1.807) is 0 Å². The molecule has 1 N–H and O–H groups in total. The van der Waals surface area contributed by atoms with Gasteiger partial charge in [-0.05, 0) is 83.7 Å². The third kappa shape index (κ3) is 6.97. The van der Waals surface area contributed by atoms with Gasteiger partial charge in [0.25, 0.3) is 0 Å². The highest BCUT2D eigenvalue weighted by Gasteiger charge is 2.25. The molecule has 3 heteroatoms. The highest BCUT2D eigenvalue weighted by atomic mass is 15.2. The molecule has 0 spiro atoms. The van der Waals surface area contributed by atoms with Gasteiger partial charge in [0, 0.05) is 12.6 Å². The summed E-state index contributed by atoms with van der Waals surface area (Å²) < 4.78 is 0. The number of rotatable bonds is 7. The van der Waals surface area contributed by atoms with E-state index in [0.29, 0.717) is 0 Å². The van der Waals surface area contributed by atoms with E-state index in [1.165, 1.54) is 84.3 Å². The van der Waals surface area contributed by atoms with Gasteiger partial charge in [-0.15, -0.1) is 0 Å². The highest BCUT2D eigenvalue weighted by molar-refractivity contribution is 4.81. The van der Waals surface area contributed by atoms with Crippen molar-refractivity contribution in [3.8, 4) is 0 Å². The molecule has 2 aliphatic heterocycles. The molecule has 0 unspecified atom stereocenters. The normalized spacial score (nSPS) is 21.7. The van der Waals surface area contributed by atoms with Crippen LogP contribution in [0.4, 0.5) is 0 Å².